The topological polar surface area (TPSA) is 65.5 Å². The van der Waals surface area contributed by atoms with Gasteiger partial charge < -0.3 is 9.47 Å². The summed E-state index contributed by atoms with van der Waals surface area (Å²) in [7, 11) is 0. The molecule has 1 rings (SSSR count). The molecule has 6 heteroatoms. The molecule has 0 amide bonds. The van der Waals surface area contributed by atoms with Crippen LogP contribution >= 0.6 is 11.6 Å². The number of rotatable bonds is 5. The molecule has 0 radical (unpaired) electrons. The Labute approximate surface area is 116 Å². The molecule has 104 valence electrons. The number of hydrogen-bond acceptors (Lipinski definition) is 5. The van der Waals surface area contributed by atoms with Crippen LogP contribution in [-0.2, 0) is 19.1 Å². The van der Waals surface area contributed by atoms with Crippen LogP contribution in [-0.4, -0.2) is 30.1 Å². The van der Waals surface area contributed by atoms with Gasteiger partial charge in [-0.2, -0.15) is 0 Å². The number of pyridine rings is 1. The van der Waals surface area contributed by atoms with Crippen LogP contribution in [0.1, 0.15) is 31.2 Å². The van der Waals surface area contributed by atoms with Crippen LogP contribution in [0.25, 0.3) is 0 Å². The highest BCUT2D eigenvalue weighted by Gasteiger charge is 2.32. The molecule has 0 spiro atoms. The van der Waals surface area contributed by atoms with E-state index in [0.29, 0.717) is 10.7 Å². The fraction of sp³-hybridized carbons (Fsp3) is 0.462. The minimum atomic E-state index is -1.17. The fourth-order valence-corrected chi connectivity index (χ4v) is 1.62. The highest BCUT2D eigenvalue weighted by Crippen LogP contribution is 2.21. The molecule has 0 bridgehead atoms. The average Bonchev–Trinajstić information content (AvgIpc) is 2.34. The van der Waals surface area contributed by atoms with Crippen LogP contribution in [0.4, 0.5) is 0 Å². The van der Waals surface area contributed by atoms with Crippen molar-refractivity contribution in [2.24, 2.45) is 0 Å². The van der Waals surface area contributed by atoms with Gasteiger partial charge in [-0.25, -0.2) is 0 Å². The first-order valence-electron chi connectivity index (χ1n) is 5.97. The van der Waals surface area contributed by atoms with Gasteiger partial charge in [0.1, 0.15) is 0 Å². The highest BCUT2D eigenvalue weighted by atomic mass is 35.5. The normalized spacial score (nSPS) is 10.4. The Balaban J connectivity index is 3.11. The van der Waals surface area contributed by atoms with Crippen LogP contribution in [0.3, 0.4) is 0 Å². The summed E-state index contributed by atoms with van der Waals surface area (Å²) in [6.45, 7) is 5.39. The predicted molar refractivity (Wildman–Crippen MR) is 70.0 cm³/mol. The lowest BCUT2D eigenvalue weighted by Gasteiger charge is -2.14. The number of aryl methyl sites for hydroxylation is 1. The average molecular weight is 286 g/mol. The summed E-state index contributed by atoms with van der Waals surface area (Å²) in [4.78, 5) is 27.9. The van der Waals surface area contributed by atoms with E-state index >= 15 is 0 Å². The molecule has 1 aromatic heterocycles. The van der Waals surface area contributed by atoms with Gasteiger partial charge in [-0.3, -0.25) is 14.6 Å². The van der Waals surface area contributed by atoms with E-state index in [-0.39, 0.29) is 18.9 Å². The van der Waals surface area contributed by atoms with E-state index in [1.54, 1.807) is 26.8 Å². The van der Waals surface area contributed by atoms with Gasteiger partial charge in [-0.15, -0.1) is 0 Å². The molecule has 5 nitrogen and oxygen atoms in total. The number of esters is 2. The van der Waals surface area contributed by atoms with Crippen molar-refractivity contribution < 1.29 is 19.1 Å². The Morgan fingerprint density at radius 3 is 2.16 bits per heavy atom. The summed E-state index contributed by atoms with van der Waals surface area (Å²) >= 11 is 5.87. The predicted octanol–water partition coefficient (Wildman–Crippen LogP) is 2.25. The lowest BCUT2D eigenvalue weighted by molar-refractivity contribution is -0.157. The smallest absolute Gasteiger partial charge is 0.326 e. The van der Waals surface area contributed by atoms with E-state index in [1.807, 2.05) is 0 Å². The van der Waals surface area contributed by atoms with Gasteiger partial charge in [0, 0.05) is 0 Å². The quantitative estimate of drug-likeness (QED) is 0.613. The number of aromatic nitrogens is 1. The monoisotopic (exact) mass is 285 g/mol. The second-order valence-electron chi connectivity index (χ2n) is 3.74. The molecule has 0 fully saturated rings. The minimum Gasteiger partial charge on any atom is -0.465 e. The fourth-order valence-electron chi connectivity index (χ4n) is 1.51. The number of hydrogen-bond donors (Lipinski definition) is 0. The highest BCUT2D eigenvalue weighted by molar-refractivity contribution is 6.31. The van der Waals surface area contributed by atoms with Crippen molar-refractivity contribution in [3.05, 3.63) is 28.5 Å². The van der Waals surface area contributed by atoms with Crippen molar-refractivity contribution >= 4 is 23.5 Å². The maximum absolute atomic E-state index is 11.9. The van der Waals surface area contributed by atoms with Crippen molar-refractivity contribution in [2.45, 2.75) is 26.7 Å². The maximum Gasteiger partial charge on any atom is 0.326 e. The van der Waals surface area contributed by atoms with Gasteiger partial charge in [-0.05, 0) is 32.9 Å². The molecule has 0 aliphatic heterocycles. The maximum atomic E-state index is 11.9. The van der Waals surface area contributed by atoms with E-state index in [4.69, 9.17) is 21.1 Å². The number of ether oxygens (including phenoxy) is 2. The SMILES string of the molecule is CCOC(=O)C(C(=O)OCC)c1ccc(Cl)c(C)n1. The molecule has 0 aliphatic carbocycles. The van der Waals surface area contributed by atoms with E-state index in [9.17, 15) is 9.59 Å². The van der Waals surface area contributed by atoms with E-state index in [0.717, 1.165) is 0 Å². The zero-order valence-corrected chi connectivity index (χ0v) is 11.9. The molecule has 0 N–H and O–H groups in total. The molecular weight excluding hydrogens is 270 g/mol. The van der Waals surface area contributed by atoms with Crippen molar-refractivity contribution in [1.29, 1.82) is 0 Å². The van der Waals surface area contributed by atoms with E-state index < -0.39 is 17.9 Å². The summed E-state index contributed by atoms with van der Waals surface area (Å²) < 4.78 is 9.77. The Bertz CT molecular complexity index is 458. The Morgan fingerprint density at radius 1 is 1.21 bits per heavy atom. The Kier molecular flexibility index (Phi) is 5.76. The number of halogens is 1. The van der Waals surface area contributed by atoms with E-state index in [2.05, 4.69) is 4.98 Å². The van der Waals surface area contributed by atoms with Crippen LogP contribution in [0.15, 0.2) is 12.1 Å². The molecule has 0 atom stereocenters. The van der Waals surface area contributed by atoms with Gasteiger partial charge in [-0.1, -0.05) is 11.6 Å². The van der Waals surface area contributed by atoms with Crippen molar-refractivity contribution in [3.63, 3.8) is 0 Å². The minimum absolute atomic E-state index is 0.182. The first-order chi connectivity index (χ1) is 9.01. The summed E-state index contributed by atoms with van der Waals surface area (Å²) in [6.07, 6.45) is 0. The first kappa shape index (κ1) is 15.4. The number of carbonyl (C=O) groups is 2. The zero-order chi connectivity index (χ0) is 14.4. The van der Waals surface area contributed by atoms with Crippen molar-refractivity contribution in [1.82, 2.24) is 4.98 Å². The summed E-state index contributed by atoms with van der Waals surface area (Å²) in [5.41, 5.74) is 0.816. The third kappa shape index (κ3) is 3.92. The zero-order valence-electron chi connectivity index (χ0n) is 11.1. The van der Waals surface area contributed by atoms with Gasteiger partial charge in [0.25, 0.3) is 0 Å². The third-order valence-corrected chi connectivity index (χ3v) is 2.78. The van der Waals surface area contributed by atoms with Crippen LogP contribution in [0, 0.1) is 6.92 Å². The largest absolute Gasteiger partial charge is 0.465 e. The lowest BCUT2D eigenvalue weighted by Crippen LogP contribution is -2.27. The molecule has 1 heterocycles. The standard InChI is InChI=1S/C13H16ClNO4/c1-4-18-12(16)11(13(17)19-5-2)10-7-6-9(14)8(3)15-10/h6-7,11H,4-5H2,1-3H3. The first-order valence-corrected chi connectivity index (χ1v) is 6.35. The van der Waals surface area contributed by atoms with Gasteiger partial charge in [0.2, 0.25) is 0 Å². The van der Waals surface area contributed by atoms with Crippen LogP contribution in [0.2, 0.25) is 5.02 Å². The molecule has 1 aromatic rings. The molecular formula is C13H16ClNO4. The van der Waals surface area contributed by atoms with Gasteiger partial charge in [0.15, 0.2) is 5.92 Å². The number of carbonyl (C=O) groups excluding carboxylic acids is 2. The Morgan fingerprint density at radius 2 is 1.74 bits per heavy atom. The van der Waals surface area contributed by atoms with Crippen LogP contribution in [0.5, 0.6) is 0 Å². The second-order valence-corrected chi connectivity index (χ2v) is 4.15. The molecule has 0 aliphatic rings. The molecule has 0 saturated carbocycles. The summed E-state index contributed by atoms with van der Waals surface area (Å²) in [6, 6.07) is 3.11. The summed E-state index contributed by atoms with van der Waals surface area (Å²) in [5, 5.41) is 0.468. The molecule has 0 saturated heterocycles. The van der Waals surface area contributed by atoms with Gasteiger partial charge in [0.05, 0.1) is 29.6 Å². The van der Waals surface area contributed by atoms with Crippen molar-refractivity contribution in [3.8, 4) is 0 Å². The second kappa shape index (κ2) is 7.09. The van der Waals surface area contributed by atoms with Crippen molar-refractivity contribution in [2.75, 3.05) is 13.2 Å². The van der Waals surface area contributed by atoms with E-state index in [1.165, 1.54) is 6.07 Å². The summed E-state index contributed by atoms with van der Waals surface area (Å²) in [5.74, 6) is -2.51. The molecule has 0 aromatic carbocycles. The Hall–Kier alpha value is -1.62. The third-order valence-electron chi connectivity index (χ3n) is 2.38. The van der Waals surface area contributed by atoms with Crippen LogP contribution < -0.4 is 0 Å². The lowest BCUT2D eigenvalue weighted by atomic mass is 10.0. The number of nitrogens with zero attached hydrogens (tertiary/aromatic N) is 1. The molecule has 0 unspecified atom stereocenters. The van der Waals surface area contributed by atoms with Gasteiger partial charge >= 0.3 is 11.9 Å². The molecule has 19 heavy (non-hydrogen) atoms.